The number of phenolic OH excluding ortho intramolecular Hbond substituents is 1. The summed E-state index contributed by atoms with van der Waals surface area (Å²) in [7, 11) is -8.08. The Morgan fingerprint density at radius 2 is 1.90 bits per heavy atom. The molecule has 0 bridgehead atoms. The first kappa shape index (κ1) is 20.7. The zero-order chi connectivity index (χ0) is 21.6. The van der Waals surface area contributed by atoms with E-state index in [0.717, 1.165) is 24.0 Å². The minimum atomic E-state index is -4.28. The van der Waals surface area contributed by atoms with Gasteiger partial charge in [-0.3, -0.25) is 0 Å². The summed E-state index contributed by atoms with van der Waals surface area (Å²) in [5.74, 6) is -2.41. The third kappa shape index (κ3) is 4.54. The molecule has 2 aromatic rings. The van der Waals surface area contributed by atoms with E-state index in [-0.39, 0.29) is 17.7 Å². The summed E-state index contributed by atoms with van der Waals surface area (Å²) < 4.78 is 68.5. The number of hydrogen-bond donors (Lipinski definition) is 3. The lowest BCUT2D eigenvalue weighted by Crippen LogP contribution is -2.30. The second kappa shape index (κ2) is 7.12. The summed E-state index contributed by atoms with van der Waals surface area (Å²) >= 11 is 0. The molecule has 0 amide bonds. The third-order valence-corrected chi connectivity index (χ3v) is 5.67. The monoisotopic (exact) mass is 444 g/mol. The minimum Gasteiger partial charge on any atom is -0.506 e. The Bertz CT molecular complexity index is 1200. The summed E-state index contributed by atoms with van der Waals surface area (Å²) in [6, 6.07) is 6.97. The molecule has 29 heavy (non-hydrogen) atoms. The largest absolute Gasteiger partial charge is 0.506 e. The van der Waals surface area contributed by atoms with Gasteiger partial charge in [0.1, 0.15) is 17.2 Å². The molecule has 0 aliphatic carbocycles. The SMILES string of the molecule is Cc1ccc(Cc2cc(O)c(N3C=C(O)NS3(=O)=O)c(F)c2)c(OS(C)(=O)=O)c1. The number of aliphatic hydroxyl groups excluding tert-OH is 1. The van der Waals surface area contributed by atoms with E-state index in [1.807, 2.05) is 0 Å². The van der Waals surface area contributed by atoms with Gasteiger partial charge < -0.3 is 14.4 Å². The van der Waals surface area contributed by atoms with Gasteiger partial charge in [0.05, 0.1) is 12.5 Å². The smallest absolute Gasteiger partial charge is 0.330 e. The van der Waals surface area contributed by atoms with Crippen LogP contribution in [0.3, 0.4) is 0 Å². The lowest BCUT2D eigenvalue weighted by Gasteiger charge is -2.17. The molecule has 3 rings (SSSR count). The van der Waals surface area contributed by atoms with Gasteiger partial charge in [-0.2, -0.15) is 16.8 Å². The Kier molecular flexibility index (Phi) is 5.09. The Morgan fingerprint density at radius 1 is 1.21 bits per heavy atom. The maximum Gasteiger partial charge on any atom is 0.330 e. The van der Waals surface area contributed by atoms with E-state index in [9.17, 15) is 31.4 Å². The highest BCUT2D eigenvalue weighted by Gasteiger charge is 2.33. The Morgan fingerprint density at radius 3 is 2.45 bits per heavy atom. The number of anilines is 1. The molecule has 0 saturated heterocycles. The van der Waals surface area contributed by atoms with Crippen LogP contribution in [0.5, 0.6) is 11.5 Å². The van der Waals surface area contributed by atoms with Crippen LogP contribution < -0.4 is 13.2 Å². The lowest BCUT2D eigenvalue weighted by atomic mass is 10.0. The van der Waals surface area contributed by atoms with Crippen LogP contribution in [0.25, 0.3) is 0 Å². The van der Waals surface area contributed by atoms with Crippen LogP contribution in [0.15, 0.2) is 42.4 Å². The van der Waals surface area contributed by atoms with Crippen molar-refractivity contribution in [3.63, 3.8) is 0 Å². The lowest BCUT2D eigenvalue weighted by molar-refractivity contribution is 0.392. The highest BCUT2D eigenvalue weighted by atomic mass is 32.2. The summed E-state index contributed by atoms with van der Waals surface area (Å²) in [5.41, 5.74) is 0.737. The first-order chi connectivity index (χ1) is 13.4. The van der Waals surface area contributed by atoms with Gasteiger partial charge in [-0.05, 0) is 36.2 Å². The average Bonchev–Trinajstić information content (AvgIpc) is 2.80. The van der Waals surface area contributed by atoms with Crippen LogP contribution in [-0.2, 0) is 26.7 Å². The molecule has 0 atom stereocenters. The molecular weight excluding hydrogens is 427 g/mol. The molecule has 1 aliphatic rings. The van der Waals surface area contributed by atoms with Crippen LogP contribution in [0, 0.1) is 12.7 Å². The van der Waals surface area contributed by atoms with Crippen molar-refractivity contribution in [2.24, 2.45) is 0 Å². The van der Waals surface area contributed by atoms with Crippen LogP contribution in [0.2, 0.25) is 0 Å². The van der Waals surface area contributed by atoms with Crippen molar-refractivity contribution in [3.05, 3.63) is 64.9 Å². The predicted octanol–water partition coefficient (Wildman–Crippen LogP) is 1.78. The van der Waals surface area contributed by atoms with Gasteiger partial charge in [-0.15, -0.1) is 0 Å². The van der Waals surface area contributed by atoms with Crippen molar-refractivity contribution in [1.29, 1.82) is 0 Å². The highest BCUT2D eigenvalue weighted by molar-refractivity contribution is 7.91. The van der Waals surface area contributed by atoms with Crippen molar-refractivity contribution >= 4 is 26.0 Å². The molecule has 156 valence electrons. The Balaban J connectivity index is 1.99. The van der Waals surface area contributed by atoms with Gasteiger partial charge in [0.2, 0.25) is 5.88 Å². The fraction of sp³-hybridized carbons (Fsp3) is 0.176. The third-order valence-electron chi connectivity index (χ3n) is 3.91. The topological polar surface area (TPSA) is 133 Å². The van der Waals surface area contributed by atoms with Crippen molar-refractivity contribution in [1.82, 2.24) is 4.72 Å². The van der Waals surface area contributed by atoms with Gasteiger partial charge in [0, 0.05) is 12.0 Å². The van der Waals surface area contributed by atoms with E-state index in [1.54, 1.807) is 23.8 Å². The zero-order valence-corrected chi connectivity index (χ0v) is 16.9. The molecule has 12 heteroatoms. The molecule has 0 unspecified atom stereocenters. The number of nitrogens with zero attached hydrogens (tertiary/aromatic N) is 1. The van der Waals surface area contributed by atoms with Crippen molar-refractivity contribution in [2.45, 2.75) is 13.3 Å². The van der Waals surface area contributed by atoms with Crippen LogP contribution >= 0.6 is 0 Å². The number of benzene rings is 2. The van der Waals surface area contributed by atoms with E-state index in [0.29, 0.717) is 16.1 Å². The molecule has 2 aromatic carbocycles. The van der Waals surface area contributed by atoms with Crippen molar-refractivity contribution in [2.75, 3.05) is 10.6 Å². The van der Waals surface area contributed by atoms with Gasteiger partial charge in [-0.25, -0.2) is 13.4 Å². The summed E-state index contributed by atoms with van der Waals surface area (Å²) in [4.78, 5) is 0. The summed E-state index contributed by atoms with van der Waals surface area (Å²) in [6.07, 6.45) is 1.61. The van der Waals surface area contributed by atoms with Gasteiger partial charge in [0.15, 0.2) is 5.82 Å². The van der Waals surface area contributed by atoms with Crippen LogP contribution in [-0.4, -0.2) is 33.3 Å². The molecule has 0 aromatic heterocycles. The molecule has 1 heterocycles. The van der Waals surface area contributed by atoms with Gasteiger partial charge in [-0.1, -0.05) is 12.1 Å². The molecule has 0 saturated carbocycles. The van der Waals surface area contributed by atoms with Crippen molar-refractivity contribution < 1.29 is 35.6 Å². The number of aromatic hydroxyl groups is 1. The number of halogens is 1. The predicted molar refractivity (Wildman–Crippen MR) is 103 cm³/mol. The summed E-state index contributed by atoms with van der Waals surface area (Å²) in [6.45, 7) is 1.74. The number of nitrogens with one attached hydrogen (secondary N) is 1. The standard InChI is InChI=1S/C17H17FN2O7S2/c1-10-3-4-12(15(5-10)27-28(2,23)24)6-11-7-13(18)17(14(21)8-11)20-9-16(22)19-29(20,25)26/h3-5,7-9,19,21-22H,6H2,1-2H3. The second-order valence-corrected chi connectivity index (χ2v) is 9.56. The number of rotatable bonds is 5. The first-order valence-electron chi connectivity index (χ1n) is 8.09. The molecule has 9 nitrogen and oxygen atoms in total. The second-order valence-electron chi connectivity index (χ2n) is 6.44. The van der Waals surface area contributed by atoms with E-state index in [4.69, 9.17) is 4.18 Å². The normalized spacial score (nSPS) is 15.7. The molecule has 0 spiro atoms. The zero-order valence-electron chi connectivity index (χ0n) is 15.2. The molecule has 0 fully saturated rings. The molecule has 1 aliphatic heterocycles. The molecule has 3 N–H and O–H groups in total. The van der Waals surface area contributed by atoms with E-state index in [2.05, 4.69) is 0 Å². The first-order valence-corrected chi connectivity index (χ1v) is 11.3. The maximum atomic E-state index is 14.6. The van der Waals surface area contributed by atoms with Crippen LogP contribution in [0.1, 0.15) is 16.7 Å². The fourth-order valence-electron chi connectivity index (χ4n) is 2.80. The maximum absolute atomic E-state index is 14.6. The molecular formula is C17H17FN2O7S2. The number of aryl methyl sites for hydroxylation is 1. The number of hydrogen-bond acceptors (Lipinski definition) is 7. The highest BCUT2D eigenvalue weighted by Crippen LogP contribution is 2.36. The average molecular weight is 444 g/mol. The van der Waals surface area contributed by atoms with E-state index < -0.39 is 43.5 Å². The van der Waals surface area contributed by atoms with Gasteiger partial charge >= 0.3 is 20.3 Å². The van der Waals surface area contributed by atoms with Gasteiger partial charge in [0.25, 0.3) is 0 Å². The quantitative estimate of drug-likeness (QED) is 0.599. The Labute approximate surface area is 167 Å². The number of aliphatic hydroxyl groups is 1. The van der Waals surface area contributed by atoms with E-state index >= 15 is 0 Å². The Hall–Kier alpha value is -2.99. The number of phenols is 1. The van der Waals surface area contributed by atoms with Crippen LogP contribution in [0.4, 0.5) is 10.1 Å². The van der Waals surface area contributed by atoms with E-state index in [1.165, 1.54) is 6.07 Å². The minimum absolute atomic E-state index is 0.00197. The fourth-order valence-corrected chi connectivity index (χ4v) is 4.36. The van der Waals surface area contributed by atoms with Crippen molar-refractivity contribution in [3.8, 4) is 11.5 Å². The summed E-state index contributed by atoms with van der Waals surface area (Å²) in [5, 5.41) is 19.6. The molecule has 0 radical (unpaired) electrons.